The molecule has 1 aromatic carbocycles. The van der Waals surface area contributed by atoms with E-state index in [9.17, 15) is 0 Å². The number of hydrogen-bond donors (Lipinski definition) is 2. The SMILES string of the molecule is NC(N)=N/N=C/c1ccc(-c2ccc(Br)cc2)o1. The number of nitrogens with zero attached hydrogens (tertiary/aromatic N) is 2. The van der Waals surface area contributed by atoms with E-state index in [0.717, 1.165) is 15.8 Å². The highest BCUT2D eigenvalue weighted by molar-refractivity contribution is 9.10. The second-order valence-electron chi connectivity index (χ2n) is 3.48. The van der Waals surface area contributed by atoms with Gasteiger partial charge in [-0.2, -0.15) is 5.10 Å². The third kappa shape index (κ3) is 3.21. The average molecular weight is 307 g/mol. The lowest BCUT2D eigenvalue weighted by Gasteiger charge is -1.96. The molecule has 18 heavy (non-hydrogen) atoms. The maximum absolute atomic E-state index is 5.58. The van der Waals surface area contributed by atoms with Crippen LogP contribution in [0.1, 0.15) is 5.76 Å². The van der Waals surface area contributed by atoms with Gasteiger partial charge < -0.3 is 15.9 Å². The Labute approximate surface area is 112 Å². The highest BCUT2D eigenvalue weighted by atomic mass is 79.9. The fourth-order valence-corrected chi connectivity index (χ4v) is 1.61. The first-order chi connectivity index (χ1) is 8.65. The molecule has 2 rings (SSSR count). The van der Waals surface area contributed by atoms with Crippen LogP contribution in [0.25, 0.3) is 11.3 Å². The molecule has 0 saturated carbocycles. The monoisotopic (exact) mass is 306 g/mol. The first kappa shape index (κ1) is 12.4. The van der Waals surface area contributed by atoms with Gasteiger partial charge in [0.2, 0.25) is 5.96 Å². The predicted octanol–water partition coefficient (Wildman–Crippen LogP) is 2.32. The number of hydrogen-bond acceptors (Lipinski definition) is 3. The second kappa shape index (κ2) is 5.50. The van der Waals surface area contributed by atoms with E-state index in [4.69, 9.17) is 15.9 Å². The molecule has 0 aliphatic carbocycles. The fraction of sp³-hybridized carbons (Fsp3) is 0. The largest absolute Gasteiger partial charge is 0.455 e. The molecule has 0 aliphatic heterocycles. The van der Waals surface area contributed by atoms with Crippen LogP contribution in [-0.2, 0) is 0 Å². The van der Waals surface area contributed by atoms with Crippen molar-refractivity contribution in [1.82, 2.24) is 0 Å². The fourth-order valence-electron chi connectivity index (χ4n) is 1.34. The van der Waals surface area contributed by atoms with Crippen LogP contribution in [0, 0.1) is 0 Å². The molecule has 0 amide bonds. The molecule has 0 spiro atoms. The second-order valence-corrected chi connectivity index (χ2v) is 4.39. The topological polar surface area (TPSA) is 89.9 Å². The quantitative estimate of drug-likeness (QED) is 0.518. The summed E-state index contributed by atoms with van der Waals surface area (Å²) < 4.78 is 6.60. The molecule has 2 aromatic rings. The van der Waals surface area contributed by atoms with Gasteiger partial charge in [0.05, 0.1) is 6.21 Å². The molecule has 4 N–H and O–H groups in total. The first-order valence-electron chi connectivity index (χ1n) is 5.13. The van der Waals surface area contributed by atoms with Crippen molar-refractivity contribution in [2.45, 2.75) is 0 Å². The van der Waals surface area contributed by atoms with Gasteiger partial charge in [-0.25, -0.2) is 0 Å². The van der Waals surface area contributed by atoms with Crippen LogP contribution in [0.4, 0.5) is 0 Å². The van der Waals surface area contributed by atoms with Crippen molar-refractivity contribution in [3.05, 3.63) is 46.6 Å². The summed E-state index contributed by atoms with van der Waals surface area (Å²) in [7, 11) is 0. The molecule has 0 fully saturated rings. The number of guanidine groups is 1. The van der Waals surface area contributed by atoms with Crippen molar-refractivity contribution in [3.63, 3.8) is 0 Å². The Bertz CT molecular complexity index is 582. The van der Waals surface area contributed by atoms with Crippen molar-refractivity contribution in [2.24, 2.45) is 21.7 Å². The molecule has 1 heterocycles. The zero-order chi connectivity index (χ0) is 13.0. The molecule has 0 bridgehead atoms. The summed E-state index contributed by atoms with van der Waals surface area (Å²) >= 11 is 3.38. The van der Waals surface area contributed by atoms with E-state index >= 15 is 0 Å². The van der Waals surface area contributed by atoms with Crippen molar-refractivity contribution in [1.29, 1.82) is 0 Å². The van der Waals surface area contributed by atoms with Crippen LogP contribution in [0.3, 0.4) is 0 Å². The van der Waals surface area contributed by atoms with Gasteiger partial charge in [0, 0.05) is 10.0 Å². The lowest BCUT2D eigenvalue weighted by molar-refractivity contribution is 0.575. The van der Waals surface area contributed by atoms with Crippen LogP contribution >= 0.6 is 15.9 Å². The average Bonchev–Trinajstić information content (AvgIpc) is 2.78. The van der Waals surface area contributed by atoms with E-state index in [1.54, 1.807) is 6.07 Å². The van der Waals surface area contributed by atoms with E-state index in [1.807, 2.05) is 30.3 Å². The Balaban J connectivity index is 2.18. The maximum Gasteiger partial charge on any atom is 0.211 e. The molecule has 92 valence electrons. The molecule has 0 saturated heterocycles. The summed E-state index contributed by atoms with van der Waals surface area (Å²) in [5.41, 5.74) is 11.3. The molecule has 0 atom stereocenters. The van der Waals surface area contributed by atoms with Crippen LogP contribution in [0.5, 0.6) is 0 Å². The van der Waals surface area contributed by atoms with Crippen molar-refractivity contribution in [3.8, 4) is 11.3 Å². The summed E-state index contributed by atoms with van der Waals surface area (Å²) in [6, 6.07) is 11.5. The summed E-state index contributed by atoms with van der Waals surface area (Å²) in [5, 5.41) is 7.16. The van der Waals surface area contributed by atoms with Gasteiger partial charge in [0.15, 0.2) is 0 Å². The number of rotatable bonds is 3. The Morgan fingerprint density at radius 1 is 1.11 bits per heavy atom. The van der Waals surface area contributed by atoms with Gasteiger partial charge >= 0.3 is 0 Å². The maximum atomic E-state index is 5.58. The Morgan fingerprint density at radius 2 is 1.83 bits per heavy atom. The third-order valence-corrected chi connectivity index (χ3v) is 2.64. The van der Waals surface area contributed by atoms with Crippen molar-refractivity contribution < 1.29 is 4.42 Å². The molecule has 1 aromatic heterocycles. The minimum Gasteiger partial charge on any atom is -0.455 e. The normalized spacial score (nSPS) is 10.7. The molecule has 0 radical (unpaired) electrons. The summed E-state index contributed by atoms with van der Waals surface area (Å²) in [5.74, 6) is 1.25. The summed E-state index contributed by atoms with van der Waals surface area (Å²) in [4.78, 5) is 0. The number of halogens is 1. The molecule has 5 nitrogen and oxygen atoms in total. The minimum atomic E-state index is -0.0917. The number of benzene rings is 1. The van der Waals surface area contributed by atoms with E-state index in [2.05, 4.69) is 26.1 Å². The van der Waals surface area contributed by atoms with E-state index < -0.39 is 0 Å². The zero-order valence-corrected chi connectivity index (χ0v) is 11.0. The molecular weight excluding hydrogens is 296 g/mol. The highest BCUT2D eigenvalue weighted by Crippen LogP contribution is 2.23. The summed E-state index contributed by atoms with van der Waals surface area (Å²) in [6.07, 6.45) is 1.45. The molecule has 6 heteroatoms. The van der Waals surface area contributed by atoms with Crippen LogP contribution in [-0.4, -0.2) is 12.2 Å². The smallest absolute Gasteiger partial charge is 0.211 e. The number of furan rings is 1. The first-order valence-corrected chi connectivity index (χ1v) is 5.92. The van der Waals surface area contributed by atoms with E-state index in [0.29, 0.717) is 5.76 Å². The minimum absolute atomic E-state index is 0.0917. The lowest BCUT2D eigenvalue weighted by atomic mass is 10.2. The Kier molecular flexibility index (Phi) is 3.78. The van der Waals surface area contributed by atoms with Gasteiger partial charge in [-0.05, 0) is 24.3 Å². The highest BCUT2D eigenvalue weighted by Gasteiger charge is 2.02. The van der Waals surface area contributed by atoms with E-state index in [1.165, 1.54) is 6.21 Å². The predicted molar refractivity (Wildman–Crippen MR) is 75.2 cm³/mol. The number of nitrogens with two attached hydrogens (primary N) is 2. The third-order valence-electron chi connectivity index (χ3n) is 2.11. The van der Waals surface area contributed by atoms with Crippen LogP contribution < -0.4 is 11.5 Å². The van der Waals surface area contributed by atoms with Crippen molar-refractivity contribution in [2.75, 3.05) is 0 Å². The van der Waals surface area contributed by atoms with Crippen molar-refractivity contribution >= 4 is 28.1 Å². The van der Waals surface area contributed by atoms with Gasteiger partial charge in [-0.3, -0.25) is 0 Å². The van der Waals surface area contributed by atoms with Crippen LogP contribution in [0.15, 0.2) is 55.5 Å². The summed E-state index contributed by atoms with van der Waals surface area (Å²) in [6.45, 7) is 0. The molecule has 0 unspecified atom stereocenters. The molecule has 0 aliphatic rings. The van der Waals surface area contributed by atoms with Gasteiger partial charge in [0.25, 0.3) is 0 Å². The molecular formula is C12H11BrN4O. The van der Waals surface area contributed by atoms with Gasteiger partial charge in [-0.15, -0.1) is 5.10 Å². The lowest BCUT2D eigenvalue weighted by Crippen LogP contribution is -2.21. The van der Waals surface area contributed by atoms with E-state index in [-0.39, 0.29) is 5.96 Å². The van der Waals surface area contributed by atoms with Gasteiger partial charge in [-0.1, -0.05) is 28.1 Å². The Hall–Kier alpha value is -2.08. The zero-order valence-electron chi connectivity index (χ0n) is 9.38. The van der Waals surface area contributed by atoms with Crippen LogP contribution in [0.2, 0.25) is 0 Å². The Morgan fingerprint density at radius 3 is 2.50 bits per heavy atom. The van der Waals surface area contributed by atoms with Gasteiger partial charge in [0.1, 0.15) is 11.5 Å². The standard InChI is InChI=1S/C12H11BrN4O/c13-9-3-1-8(2-4-9)11-6-5-10(18-11)7-16-17-12(14)15/h1-7H,(H4,14,15,17)/b16-7+.